The first-order chi connectivity index (χ1) is 10.2. The topological polar surface area (TPSA) is 24.9 Å². The van der Waals surface area contributed by atoms with E-state index in [0.717, 1.165) is 23.0 Å². The zero-order valence-electron chi connectivity index (χ0n) is 11.9. The first kappa shape index (κ1) is 13.9. The summed E-state index contributed by atoms with van der Waals surface area (Å²) >= 11 is 6.02. The highest BCUT2D eigenvalue weighted by Gasteiger charge is 2.07. The van der Waals surface area contributed by atoms with Crippen LogP contribution in [0.15, 0.2) is 60.8 Å². The van der Waals surface area contributed by atoms with Crippen LogP contribution in [-0.2, 0) is 6.42 Å². The quantitative estimate of drug-likeness (QED) is 0.738. The molecule has 21 heavy (non-hydrogen) atoms. The van der Waals surface area contributed by atoms with Gasteiger partial charge in [-0.1, -0.05) is 41.9 Å². The molecule has 0 bridgehead atoms. The zero-order chi connectivity index (χ0) is 14.7. The average molecular weight is 297 g/mol. The molecule has 1 N–H and O–H groups in total. The Morgan fingerprint density at radius 2 is 1.90 bits per heavy atom. The Morgan fingerprint density at radius 1 is 1.10 bits per heavy atom. The lowest BCUT2D eigenvalue weighted by atomic mass is 10.1. The fourth-order valence-corrected chi connectivity index (χ4v) is 2.70. The lowest BCUT2D eigenvalue weighted by molar-refractivity contribution is 0.791. The van der Waals surface area contributed by atoms with Gasteiger partial charge in [-0.25, -0.2) is 0 Å². The van der Waals surface area contributed by atoms with Crippen LogP contribution in [-0.4, -0.2) is 11.0 Å². The van der Waals surface area contributed by atoms with E-state index in [9.17, 15) is 0 Å². The van der Waals surface area contributed by atoms with Crippen molar-refractivity contribution in [2.45, 2.75) is 19.4 Å². The standard InChI is InChI=1S/C18H17ClN2/c1-13(11-14-5-3-2-4-6-14)21-17-9-10-20-18-12-15(19)7-8-16(17)18/h2-10,12-13H,11H2,1H3,(H,20,21). The van der Waals surface area contributed by atoms with E-state index in [1.807, 2.05) is 36.5 Å². The predicted molar refractivity (Wildman–Crippen MR) is 90.0 cm³/mol. The van der Waals surface area contributed by atoms with Crippen molar-refractivity contribution >= 4 is 28.2 Å². The van der Waals surface area contributed by atoms with E-state index in [1.165, 1.54) is 5.56 Å². The van der Waals surface area contributed by atoms with Crippen LogP contribution in [0.1, 0.15) is 12.5 Å². The number of anilines is 1. The van der Waals surface area contributed by atoms with Crippen molar-refractivity contribution in [3.8, 4) is 0 Å². The Labute approximate surface area is 129 Å². The van der Waals surface area contributed by atoms with Crippen molar-refractivity contribution < 1.29 is 0 Å². The number of fused-ring (bicyclic) bond motifs is 1. The minimum atomic E-state index is 0.341. The maximum atomic E-state index is 6.02. The third-order valence-electron chi connectivity index (χ3n) is 3.49. The predicted octanol–water partition coefficient (Wildman–Crippen LogP) is 4.93. The summed E-state index contributed by atoms with van der Waals surface area (Å²) in [5.41, 5.74) is 3.35. The van der Waals surface area contributed by atoms with Crippen molar-refractivity contribution in [3.05, 3.63) is 71.4 Å². The van der Waals surface area contributed by atoms with Gasteiger partial charge in [0.25, 0.3) is 0 Å². The monoisotopic (exact) mass is 296 g/mol. The minimum absolute atomic E-state index is 0.341. The Bertz CT molecular complexity index is 741. The molecule has 0 aliphatic carbocycles. The molecule has 106 valence electrons. The van der Waals surface area contributed by atoms with Gasteiger partial charge < -0.3 is 5.32 Å². The Kier molecular flexibility index (Phi) is 4.07. The van der Waals surface area contributed by atoms with Gasteiger partial charge in [0.2, 0.25) is 0 Å². The van der Waals surface area contributed by atoms with E-state index < -0.39 is 0 Å². The van der Waals surface area contributed by atoms with E-state index in [2.05, 4.69) is 41.5 Å². The molecule has 2 nitrogen and oxygen atoms in total. The summed E-state index contributed by atoms with van der Waals surface area (Å²) in [7, 11) is 0. The van der Waals surface area contributed by atoms with Crippen LogP contribution in [0.3, 0.4) is 0 Å². The lowest BCUT2D eigenvalue weighted by Gasteiger charge is -2.17. The molecule has 1 heterocycles. The van der Waals surface area contributed by atoms with Crippen LogP contribution < -0.4 is 5.32 Å². The smallest absolute Gasteiger partial charge is 0.0737 e. The molecule has 0 amide bonds. The number of pyridine rings is 1. The van der Waals surface area contributed by atoms with Crippen molar-refractivity contribution in [2.75, 3.05) is 5.32 Å². The van der Waals surface area contributed by atoms with E-state index in [4.69, 9.17) is 11.6 Å². The largest absolute Gasteiger partial charge is 0.382 e. The van der Waals surface area contributed by atoms with Gasteiger partial charge in [-0.2, -0.15) is 0 Å². The van der Waals surface area contributed by atoms with Gasteiger partial charge in [-0.05, 0) is 43.2 Å². The molecule has 3 heteroatoms. The van der Waals surface area contributed by atoms with Crippen molar-refractivity contribution in [1.82, 2.24) is 4.98 Å². The summed E-state index contributed by atoms with van der Waals surface area (Å²) in [6, 6.07) is 18.7. The van der Waals surface area contributed by atoms with E-state index in [1.54, 1.807) is 0 Å². The Balaban J connectivity index is 1.81. The van der Waals surface area contributed by atoms with Crippen LogP contribution in [0.4, 0.5) is 5.69 Å². The molecule has 0 spiro atoms. The Morgan fingerprint density at radius 3 is 2.71 bits per heavy atom. The zero-order valence-corrected chi connectivity index (χ0v) is 12.6. The summed E-state index contributed by atoms with van der Waals surface area (Å²) in [4.78, 5) is 4.37. The molecular weight excluding hydrogens is 280 g/mol. The van der Waals surface area contributed by atoms with Crippen LogP contribution in [0.2, 0.25) is 5.02 Å². The van der Waals surface area contributed by atoms with Gasteiger partial charge in [0.1, 0.15) is 0 Å². The number of benzene rings is 2. The molecule has 0 aliphatic rings. The normalized spacial score (nSPS) is 12.3. The summed E-state index contributed by atoms with van der Waals surface area (Å²) in [5, 5.41) is 5.38. The SMILES string of the molecule is CC(Cc1ccccc1)Nc1ccnc2cc(Cl)ccc12. The van der Waals surface area contributed by atoms with E-state index in [0.29, 0.717) is 11.1 Å². The highest BCUT2D eigenvalue weighted by atomic mass is 35.5. The van der Waals surface area contributed by atoms with Crippen molar-refractivity contribution in [2.24, 2.45) is 0 Å². The van der Waals surface area contributed by atoms with Gasteiger partial charge in [0.05, 0.1) is 5.52 Å². The molecule has 0 saturated heterocycles. The van der Waals surface area contributed by atoms with Gasteiger partial charge in [0.15, 0.2) is 0 Å². The molecule has 0 aliphatic heterocycles. The highest BCUT2D eigenvalue weighted by Crippen LogP contribution is 2.25. The summed E-state index contributed by atoms with van der Waals surface area (Å²) in [6.45, 7) is 2.19. The third kappa shape index (κ3) is 3.34. The number of rotatable bonds is 4. The van der Waals surface area contributed by atoms with E-state index in [-0.39, 0.29) is 0 Å². The van der Waals surface area contributed by atoms with Gasteiger partial charge in [-0.3, -0.25) is 4.98 Å². The number of hydrogen-bond acceptors (Lipinski definition) is 2. The molecule has 0 fully saturated rings. The number of nitrogens with one attached hydrogen (secondary N) is 1. The molecule has 1 atom stereocenters. The average Bonchev–Trinajstić information content (AvgIpc) is 2.48. The molecule has 1 aromatic heterocycles. The van der Waals surface area contributed by atoms with Crippen LogP contribution >= 0.6 is 11.6 Å². The fraction of sp³-hybridized carbons (Fsp3) is 0.167. The number of nitrogens with zero attached hydrogens (tertiary/aromatic N) is 1. The second kappa shape index (κ2) is 6.15. The van der Waals surface area contributed by atoms with Gasteiger partial charge in [-0.15, -0.1) is 0 Å². The molecule has 0 saturated carbocycles. The van der Waals surface area contributed by atoms with Crippen molar-refractivity contribution in [3.63, 3.8) is 0 Å². The van der Waals surface area contributed by atoms with E-state index >= 15 is 0 Å². The number of aromatic nitrogens is 1. The number of hydrogen-bond donors (Lipinski definition) is 1. The van der Waals surface area contributed by atoms with Crippen LogP contribution in [0.25, 0.3) is 10.9 Å². The second-order valence-electron chi connectivity index (χ2n) is 5.26. The molecule has 0 radical (unpaired) electrons. The Hall–Kier alpha value is -2.06. The van der Waals surface area contributed by atoms with Crippen LogP contribution in [0, 0.1) is 0 Å². The molecule has 3 rings (SSSR count). The molecule has 1 unspecified atom stereocenters. The highest BCUT2D eigenvalue weighted by molar-refractivity contribution is 6.31. The summed E-state index contributed by atoms with van der Waals surface area (Å²) < 4.78 is 0. The second-order valence-corrected chi connectivity index (χ2v) is 5.69. The molecule has 2 aromatic carbocycles. The number of halogens is 1. The fourth-order valence-electron chi connectivity index (χ4n) is 2.53. The summed E-state index contributed by atoms with van der Waals surface area (Å²) in [6.07, 6.45) is 2.80. The van der Waals surface area contributed by atoms with Crippen molar-refractivity contribution in [1.29, 1.82) is 0 Å². The molecular formula is C18H17ClN2. The van der Waals surface area contributed by atoms with Gasteiger partial charge in [0, 0.05) is 28.3 Å². The molecule has 3 aromatic rings. The first-order valence-corrected chi connectivity index (χ1v) is 7.45. The minimum Gasteiger partial charge on any atom is -0.382 e. The summed E-state index contributed by atoms with van der Waals surface area (Å²) in [5.74, 6) is 0. The maximum Gasteiger partial charge on any atom is 0.0737 e. The maximum absolute atomic E-state index is 6.02. The third-order valence-corrected chi connectivity index (χ3v) is 3.73. The lowest BCUT2D eigenvalue weighted by Crippen LogP contribution is -2.18. The first-order valence-electron chi connectivity index (χ1n) is 7.07. The van der Waals surface area contributed by atoms with Crippen LogP contribution in [0.5, 0.6) is 0 Å². The van der Waals surface area contributed by atoms with Gasteiger partial charge >= 0.3 is 0 Å².